The van der Waals surface area contributed by atoms with Crippen LogP contribution in [0.5, 0.6) is 0 Å². The van der Waals surface area contributed by atoms with Crippen LogP contribution in [0.1, 0.15) is 59.1 Å². The number of nitrogens with zero attached hydrogens (tertiary/aromatic N) is 1. The number of anilines is 1. The van der Waals surface area contributed by atoms with Gasteiger partial charge in [-0.3, -0.25) is 14.5 Å². The summed E-state index contributed by atoms with van der Waals surface area (Å²) in [6.07, 6.45) is 7.43. The van der Waals surface area contributed by atoms with E-state index in [0.29, 0.717) is 24.2 Å². The van der Waals surface area contributed by atoms with E-state index in [1.165, 1.54) is 24.1 Å². The first-order valence-electron chi connectivity index (χ1n) is 11.7. The number of carbonyl (C=O) groups excluding carboxylic acids is 2. The maximum atomic E-state index is 12.9. The molecule has 2 aromatic heterocycles. The number of thiophene rings is 1. The molecule has 3 heterocycles. The fourth-order valence-corrected chi connectivity index (χ4v) is 5.00. The minimum Gasteiger partial charge on any atom is -0.468 e. The zero-order chi connectivity index (χ0) is 22.9. The third kappa shape index (κ3) is 6.79. The van der Waals surface area contributed by atoms with Gasteiger partial charge in [-0.05, 0) is 80.6 Å². The smallest absolute Gasteiger partial charge is 0.251 e. The zero-order valence-corrected chi connectivity index (χ0v) is 19.6. The summed E-state index contributed by atoms with van der Waals surface area (Å²) in [7, 11) is 0. The number of rotatable bonds is 10. The van der Waals surface area contributed by atoms with Crippen molar-refractivity contribution in [3.05, 3.63) is 76.4 Å². The topological polar surface area (TPSA) is 74.6 Å². The molecule has 0 radical (unpaired) electrons. The van der Waals surface area contributed by atoms with E-state index in [0.717, 1.165) is 31.7 Å². The van der Waals surface area contributed by atoms with Gasteiger partial charge in [-0.25, -0.2) is 0 Å². The first kappa shape index (κ1) is 23.3. The van der Waals surface area contributed by atoms with E-state index in [1.807, 2.05) is 24.3 Å². The molecule has 3 aromatic rings. The van der Waals surface area contributed by atoms with Gasteiger partial charge in [0.1, 0.15) is 5.76 Å². The fraction of sp³-hybridized carbons (Fsp3) is 0.385. The SMILES string of the molecule is O=C(CCCc1cccs1)Nc1cccc(C(=O)NCC(c2ccco2)N2CCCCC2)c1. The van der Waals surface area contributed by atoms with Crippen LogP contribution in [0.3, 0.4) is 0 Å². The molecule has 4 rings (SSSR count). The number of furan rings is 1. The molecule has 0 aliphatic carbocycles. The molecule has 1 aromatic carbocycles. The van der Waals surface area contributed by atoms with Crippen LogP contribution in [0.25, 0.3) is 0 Å². The lowest BCUT2D eigenvalue weighted by Crippen LogP contribution is -2.40. The Morgan fingerprint density at radius 2 is 1.94 bits per heavy atom. The van der Waals surface area contributed by atoms with Gasteiger partial charge in [-0.15, -0.1) is 11.3 Å². The van der Waals surface area contributed by atoms with Crippen LogP contribution in [0.15, 0.2) is 64.6 Å². The molecular weight excluding hydrogens is 434 g/mol. The number of likely N-dealkylation sites (tertiary alicyclic amines) is 1. The molecule has 1 aliphatic rings. The molecule has 1 atom stereocenters. The molecule has 0 spiro atoms. The summed E-state index contributed by atoms with van der Waals surface area (Å²) in [5, 5.41) is 8.03. The maximum absolute atomic E-state index is 12.9. The molecular formula is C26H31N3O3S. The number of piperidine rings is 1. The van der Waals surface area contributed by atoms with Gasteiger partial charge in [0.25, 0.3) is 5.91 Å². The predicted octanol–water partition coefficient (Wildman–Crippen LogP) is 5.26. The summed E-state index contributed by atoms with van der Waals surface area (Å²) in [5.41, 5.74) is 1.17. The highest BCUT2D eigenvalue weighted by molar-refractivity contribution is 7.09. The molecule has 1 saturated heterocycles. The molecule has 33 heavy (non-hydrogen) atoms. The van der Waals surface area contributed by atoms with Gasteiger partial charge in [-0.1, -0.05) is 18.6 Å². The summed E-state index contributed by atoms with van der Waals surface area (Å²) < 4.78 is 5.67. The lowest BCUT2D eigenvalue weighted by Gasteiger charge is -2.33. The van der Waals surface area contributed by atoms with Crippen LogP contribution in [0.4, 0.5) is 5.69 Å². The second-order valence-corrected chi connectivity index (χ2v) is 9.43. The molecule has 1 fully saturated rings. The fourth-order valence-electron chi connectivity index (χ4n) is 4.25. The van der Waals surface area contributed by atoms with Crippen molar-refractivity contribution in [1.82, 2.24) is 10.2 Å². The zero-order valence-electron chi connectivity index (χ0n) is 18.8. The predicted molar refractivity (Wildman–Crippen MR) is 132 cm³/mol. The van der Waals surface area contributed by atoms with E-state index in [2.05, 4.69) is 27.0 Å². The van der Waals surface area contributed by atoms with Crippen LogP contribution < -0.4 is 10.6 Å². The first-order chi connectivity index (χ1) is 16.2. The second-order valence-electron chi connectivity index (χ2n) is 8.40. The molecule has 2 amide bonds. The van der Waals surface area contributed by atoms with Gasteiger partial charge in [0.2, 0.25) is 5.91 Å². The van der Waals surface area contributed by atoms with Crippen molar-refractivity contribution in [2.24, 2.45) is 0 Å². The van der Waals surface area contributed by atoms with Gasteiger partial charge in [-0.2, -0.15) is 0 Å². The third-order valence-electron chi connectivity index (χ3n) is 5.97. The van der Waals surface area contributed by atoms with Gasteiger partial charge < -0.3 is 15.1 Å². The van der Waals surface area contributed by atoms with Crippen molar-refractivity contribution < 1.29 is 14.0 Å². The normalized spacial score (nSPS) is 15.2. The van der Waals surface area contributed by atoms with E-state index in [-0.39, 0.29) is 17.9 Å². The van der Waals surface area contributed by atoms with Crippen molar-refractivity contribution in [2.75, 3.05) is 25.0 Å². The van der Waals surface area contributed by atoms with Crippen LogP contribution in [-0.4, -0.2) is 36.3 Å². The summed E-state index contributed by atoms with van der Waals surface area (Å²) >= 11 is 1.71. The molecule has 1 unspecified atom stereocenters. The van der Waals surface area contributed by atoms with Gasteiger partial charge in [0.05, 0.1) is 12.3 Å². The van der Waals surface area contributed by atoms with Crippen molar-refractivity contribution in [2.45, 2.75) is 44.6 Å². The van der Waals surface area contributed by atoms with Crippen LogP contribution in [0, 0.1) is 0 Å². The van der Waals surface area contributed by atoms with Crippen LogP contribution in [0.2, 0.25) is 0 Å². The highest BCUT2D eigenvalue weighted by atomic mass is 32.1. The molecule has 174 valence electrons. The summed E-state index contributed by atoms with van der Waals surface area (Å²) in [6.45, 7) is 2.50. The number of nitrogens with one attached hydrogen (secondary N) is 2. The third-order valence-corrected chi connectivity index (χ3v) is 6.91. The van der Waals surface area contributed by atoms with Crippen LogP contribution >= 0.6 is 11.3 Å². The average molecular weight is 466 g/mol. The Morgan fingerprint density at radius 1 is 1.06 bits per heavy atom. The molecule has 7 heteroatoms. The maximum Gasteiger partial charge on any atom is 0.251 e. The Balaban J connectivity index is 1.30. The van der Waals surface area contributed by atoms with Crippen molar-refractivity contribution >= 4 is 28.8 Å². The van der Waals surface area contributed by atoms with Gasteiger partial charge >= 0.3 is 0 Å². The van der Waals surface area contributed by atoms with Crippen molar-refractivity contribution in [3.63, 3.8) is 0 Å². The molecule has 6 nitrogen and oxygen atoms in total. The highest BCUT2D eigenvalue weighted by Crippen LogP contribution is 2.24. The minimum atomic E-state index is -0.155. The number of carbonyl (C=O) groups is 2. The Morgan fingerprint density at radius 3 is 2.70 bits per heavy atom. The standard InChI is InChI=1S/C26H31N3O3S/c30-25(13-5-10-22-11-7-17-33-22)28-21-9-4-8-20(18-21)26(31)27-19-23(24-12-6-16-32-24)29-14-2-1-3-15-29/h4,6-9,11-12,16-18,23H,1-3,5,10,13-15,19H2,(H,27,31)(H,28,30). The molecule has 0 saturated carbocycles. The van der Waals surface area contributed by atoms with Gasteiger partial charge in [0.15, 0.2) is 0 Å². The highest BCUT2D eigenvalue weighted by Gasteiger charge is 2.25. The number of hydrogen-bond acceptors (Lipinski definition) is 5. The average Bonchev–Trinajstić information content (AvgIpc) is 3.55. The number of aryl methyl sites for hydroxylation is 1. The monoisotopic (exact) mass is 465 g/mol. The quantitative estimate of drug-likeness (QED) is 0.428. The van der Waals surface area contributed by atoms with E-state index < -0.39 is 0 Å². The van der Waals surface area contributed by atoms with Crippen molar-refractivity contribution in [1.29, 1.82) is 0 Å². The summed E-state index contributed by atoms with van der Waals surface area (Å²) in [6, 6.07) is 15.1. The lowest BCUT2D eigenvalue weighted by molar-refractivity contribution is -0.116. The van der Waals surface area contributed by atoms with E-state index in [4.69, 9.17) is 4.42 Å². The molecule has 0 bridgehead atoms. The van der Waals surface area contributed by atoms with E-state index in [9.17, 15) is 9.59 Å². The van der Waals surface area contributed by atoms with Crippen molar-refractivity contribution in [3.8, 4) is 0 Å². The molecule has 2 N–H and O–H groups in total. The van der Waals surface area contributed by atoms with Crippen LogP contribution in [-0.2, 0) is 11.2 Å². The van der Waals surface area contributed by atoms with Gasteiger partial charge in [0, 0.05) is 29.1 Å². The second kappa shape index (κ2) is 11.8. The Labute approximate surface area is 199 Å². The van der Waals surface area contributed by atoms with E-state index in [1.54, 1.807) is 35.8 Å². The lowest BCUT2D eigenvalue weighted by atomic mass is 10.1. The number of amides is 2. The Kier molecular flexibility index (Phi) is 8.33. The largest absolute Gasteiger partial charge is 0.468 e. The Hall–Kier alpha value is -2.90. The first-order valence-corrected chi connectivity index (χ1v) is 12.5. The molecule has 1 aliphatic heterocycles. The number of hydrogen-bond donors (Lipinski definition) is 2. The minimum absolute atomic E-state index is 0.0236. The van der Waals surface area contributed by atoms with E-state index >= 15 is 0 Å². The summed E-state index contributed by atoms with van der Waals surface area (Å²) in [4.78, 5) is 28.9. The Bertz CT molecular complexity index is 1010. The summed E-state index contributed by atoms with van der Waals surface area (Å²) in [5.74, 6) is 0.685. The number of benzene rings is 1.